The van der Waals surface area contributed by atoms with Crippen LogP contribution < -0.4 is 10.5 Å². The van der Waals surface area contributed by atoms with Crippen LogP contribution in [0.4, 0.5) is 5.82 Å². The van der Waals surface area contributed by atoms with Gasteiger partial charge in [0.05, 0.1) is 18.3 Å². The first-order valence-corrected chi connectivity index (χ1v) is 7.20. The Morgan fingerprint density at radius 2 is 2.00 bits per heavy atom. The summed E-state index contributed by atoms with van der Waals surface area (Å²) in [6.45, 7) is 2.12. The number of rotatable bonds is 2. The second-order valence-corrected chi connectivity index (χ2v) is 5.59. The standard InChI is InChI=1S/C15H18ClN3O/c1-8-9-5-3-4-6-10(9)13(16)14(20-2)12(8)11-7-18-19-15(11)17/h7H,3-6H2,1-2H3,(H3,17,18,19). The topological polar surface area (TPSA) is 63.9 Å². The van der Waals surface area contributed by atoms with Crippen LogP contribution in [0.15, 0.2) is 6.20 Å². The van der Waals surface area contributed by atoms with Gasteiger partial charge in [0, 0.05) is 11.1 Å². The average Bonchev–Trinajstić information content (AvgIpc) is 2.88. The first-order chi connectivity index (χ1) is 9.65. The quantitative estimate of drug-likeness (QED) is 0.890. The lowest BCUT2D eigenvalue weighted by atomic mass is 9.84. The van der Waals surface area contributed by atoms with Crippen LogP contribution in [0.5, 0.6) is 5.75 Å². The fourth-order valence-corrected chi connectivity index (χ4v) is 3.52. The fourth-order valence-electron chi connectivity index (χ4n) is 3.14. The van der Waals surface area contributed by atoms with Gasteiger partial charge in [-0.25, -0.2) is 0 Å². The van der Waals surface area contributed by atoms with Crippen molar-refractivity contribution in [1.82, 2.24) is 10.2 Å². The molecule has 3 N–H and O–H groups in total. The van der Waals surface area contributed by atoms with Crippen LogP contribution in [0.2, 0.25) is 5.02 Å². The van der Waals surface area contributed by atoms with Gasteiger partial charge in [-0.05, 0) is 49.3 Å². The highest BCUT2D eigenvalue weighted by atomic mass is 35.5. The molecule has 5 heteroatoms. The molecule has 1 aliphatic rings. The third-order valence-corrected chi connectivity index (χ3v) is 4.53. The molecule has 0 aliphatic heterocycles. The summed E-state index contributed by atoms with van der Waals surface area (Å²) in [6, 6.07) is 0. The average molecular weight is 292 g/mol. The van der Waals surface area contributed by atoms with Crippen LogP contribution >= 0.6 is 11.6 Å². The largest absolute Gasteiger partial charge is 0.495 e. The van der Waals surface area contributed by atoms with Crippen LogP contribution in [0.3, 0.4) is 0 Å². The summed E-state index contributed by atoms with van der Waals surface area (Å²) in [5, 5.41) is 7.51. The minimum absolute atomic E-state index is 0.540. The number of hydrogen-bond acceptors (Lipinski definition) is 3. The number of nitrogens with zero attached hydrogens (tertiary/aromatic N) is 1. The van der Waals surface area contributed by atoms with Gasteiger partial charge in [-0.1, -0.05) is 11.6 Å². The fraction of sp³-hybridized carbons (Fsp3) is 0.400. The molecule has 2 aromatic rings. The highest BCUT2D eigenvalue weighted by Gasteiger charge is 2.25. The molecule has 106 valence electrons. The summed E-state index contributed by atoms with van der Waals surface area (Å²) in [5.41, 5.74) is 11.6. The van der Waals surface area contributed by atoms with Gasteiger partial charge in [0.15, 0.2) is 0 Å². The number of nitrogens with one attached hydrogen (secondary N) is 1. The number of halogens is 1. The van der Waals surface area contributed by atoms with E-state index in [4.69, 9.17) is 22.1 Å². The Bertz CT molecular complexity index is 664. The SMILES string of the molecule is COc1c(Cl)c2c(c(C)c1-c1cn[nH]c1N)CCCC2. The summed E-state index contributed by atoms with van der Waals surface area (Å²) in [4.78, 5) is 0. The molecule has 1 heterocycles. The van der Waals surface area contributed by atoms with Gasteiger partial charge in [0.2, 0.25) is 0 Å². The van der Waals surface area contributed by atoms with Crippen molar-refractivity contribution in [3.8, 4) is 16.9 Å². The molecule has 1 aromatic carbocycles. The van der Waals surface area contributed by atoms with Crippen molar-refractivity contribution in [3.63, 3.8) is 0 Å². The predicted molar refractivity (Wildman–Crippen MR) is 81.4 cm³/mol. The predicted octanol–water partition coefficient (Wildman–Crippen LogP) is 3.51. The zero-order valence-corrected chi connectivity index (χ0v) is 12.5. The highest BCUT2D eigenvalue weighted by molar-refractivity contribution is 6.33. The van der Waals surface area contributed by atoms with Crippen molar-refractivity contribution in [3.05, 3.63) is 27.9 Å². The number of anilines is 1. The van der Waals surface area contributed by atoms with Gasteiger partial charge < -0.3 is 10.5 Å². The number of aromatic amines is 1. The third-order valence-electron chi connectivity index (χ3n) is 4.13. The van der Waals surface area contributed by atoms with Crippen molar-refractivity contribution < 1.29 is 4.74 Å². The molecule has 1 aromatic heterocycles. The highest BCUT2D eigenvalue weighted by Crippen LogP contribution is 2.46. The molecule has 0 saturated carbocycles. The molecule has 4 nitrogen and oxygen atoms in total. The number of benzene rings is 1. The monoisotopic (exact) mass is 291 g/mol. The maximum absolute atomic E-state index is 6.58. The van der Waals surface area contributed by atoms with Gasteiger partial charge in [-0.3, -0.25) is 5.10 Å². The van der Waals surface area contributed by atoms with Crippen LogP contribution in [0.1, 0.15) is 29.5 Å². The number of hydrogen-bond donors (Lipinski definition) is 2. The summed E-state index contributed by atoms with van der Waals surface area (Å²) >= 11 is 6.58. The Morgan fingerprint density at radius 3 is 2.60 bits per heavy atom. The van der Waals surface area contributed by atoms with Gasteiger partial charge in [0.25, 0.3) is 0 Å². The van der Waals surface area contributed by atoms with E-state index in [2.05, 4.69) is 17.1 Å². The summed E-state index contributed by atoms with van der Waals surface area (Å²) in [6.07, 6.45) is 6.20. The molecule has 0 saturated heterocycles. The lowest BCUT2D eigenvalue weighted by molar-refractivity contribution is 0.415. The second-order valence-electron chi connectivity index (χ2n) is 5.21. The Hall–Kier alpha value is -1.68. The molecule has 3 rings (SSSR count). The molecule has 0 bridgehead atoms. The molecule has 1 aliphatic carbocycles. The Balaban J connectivity index is 2.34. The molecule has 0 unspecified atom stereocenters. The van der Waals surface area contributed by atoms with Crippen LogP contribution in [-0.2, 0) is 12.8 Å². The van der Waals surface area contributed by atoms with E-state index in [-0.39, 0.29) is 0 Å². The number of ether oxygens (including phenoxy) is 1. The van der Waals surface area contributed by atoms with E-state index in [1.54, 1.807) is 13.3 Å². The molecule has 0 radical (unpaired) electrons. The molecular weight excluding hydrogens is 274 g/mol. The van der Waals surface area contributed by atoms with Crippen LogP contribution in [0.25, 0.3) is 11.1 Å². The number of H-pyrrole nitrogens is 1. The first-order valence-electron chi connectivity index (χ1n) is 6.82. The number of aromatic nitrogens is 2. The van der Waals surface area contributed by atoms with E-state index in [0.717, 1.165) is 29.0 Å². The number of fused-ring (bicyclic) bond motifs is 1. The zero-order chi connectivity index (χ0) is 14.3. The molecule has 20 heavy (non-hydrogen) atoms. The van der Waals surface area contributed by atoms with Crippen molar-refractivity contribution >= 4 is 17.4 Å². The summed E-state index contributed by atoms with van der Waals surface area (Å²) in [5.74, 6) is 1.25. The summed E-state index contributed by atoms with van der Waals surface area (Å²) < 4.78 is 5.57. The minimum atomic E-state index is 0.540. The van der Waals surface area contributed by atoms with Crippen LogP contribution in [0, 0.1) is 6.92 Å². The summed E-state index contributed by atoms with van der Waals surface area (Å²) in [7, 11) is 1.65. The first kappa shape index (κ1) is 13.3. The number of nitrogens with two attached hydrogens (primary N) is 1. The number of methoxy groups -OCH3 is 1. The van der Waals surface area contributed by atoms with Crippen molar-refractivity contribution in [2.45, 2.75) is 32.6 Å². The van der Waals surface area contributed by atoms with Crippen molar-refractivity contribution in [2.75, 3.05) is 12.8 Å². The second kappa shape index (κ2) is 5.02. The lowest BCUT2D eigenvalue weighted by Gasteiger charge is -2.24. The van der Waals surface area contributed by atoms with E-state index in [9.17, 15) is 0 Å². The van der Waals surface area contributed by atoms with E-state index >= 15 is 0 Å². The molecule has 0 amide bonds. The van der Waals surface area contributed by atoms with E-state index in [0.29, 0.717) is 11.6 Å². The maximum Gasteiger partial charge on any atom is 0.146 e. The zero-order valence-electron chi connectivity index (χ0n) is 11.7. The van der Waals surface area contributed by atoms with E-state index in [1.807, 2.05) is 0 Å². The third kappa shape index (κ3) is 1.86. The molecule has 0 fully saturated rings. The van der Waals surface area contributed by atoms with Gasteiger partial charge in [-0.2, -0.15) is 5.10 Å². The van der Waals surface area contributed by atoms with Gasteiger partial charge in [0.1, 0.15) is 11.6 Å². The normalized spacial score (nSPS) is 14.2. The molecule has 0 atom stereocenters. The van der Waals surface area contributed by atoms with Crippen molar-refractivity contribution in [1.29, 1.82) is 0 Å². The molecular formula is C15H18ClN3O. The van der Waals surface area contributed by atoms with Crippen LogP contribution in [-0.4, -0.2) is 17.3 Å². The number of nitrogen functional groups attached to an aromatic ring is 1. The Labute approximate surface area is 123 Å². The van der Waals surface area contributed by atoms with Gasteiger partial charge >= 0.3 is 0 Å². The maximum atomic E-state index is 6.58. The lowest BCUT2D eigenvalue weighted by Crippen LogP contribution is -2.09. The van der Waals surface area contributed by atoms with Crippen molar-refractivity contribution in [2.24, 2.45) is 0 Å². The van der Waals surface area contributed by atoms with Gasteiger partial charge in [-0.15, -0.1) is 0 Å². The van der Waals surface area contributed by atoms with E-state index in [1.165, 1.54) is 29.5 Å². The Morgan fingerprint density at radius 1 is 1.30 bits per heavy atom. The minimum Gasteiger partial charge on any atom is -0.495 e. The Kier molecular flexibility index (Phi) is 3.34. The van der Waals surface area contributed by atoms with E-state index < -0.39 is 0 Å². The molecule has 0 spiro atoms. The smallest absolute Gasteiger partial charge is 0.146 e.